The van der Waals surface area contributed by atoms with Gasteiger partial charge in [0.1, 0.15) is 0 Å². The summed E-state index contributed by atoms with van der Waals surface area (Å²) < 4.78 is 0. The summed E-state index contributed by atoms with van der Waals surface area (Å²) in [4.78, 5) is 12.3. The first kappa shape index (κ1) is 12.6. The molecule has 1 aliphatic heterocycles. The van der Waals surface area contributed by atoms with Crippen LogP contribution in [0, 0.1) is 5.41 Å². The molecular formula is C16H19NO. The minimum absolute atomic E-state index is 0.117. The van der Waals surface area contributed by atoms with E-state index in [2.05, 4.69) is 30.1 Å². The van der Waals surface area contributed by atoms with E-state index in [1.54, 1.807) is 0 Å². The molecular weight excluding hydrogens is 222 g/mol. The minimum atomic E-state index is -0.372. The highest BCUT2D eigenvalue weighted by molar-refractivity contribution is 5.86. The third-order valence-electron chi connectivity index (χ3n) is 3.51. The van der Waals surface area contributed by atoms with E-state index in [4.69, 9.17) is 0 Å². The summed E-state index contributed by atoms with van der Waals surface area (Å²) in [6.07, 6.45) is 6.20. The van der Waals surface area contributed by atoms with Crippen molar-refractivity contribution < 1.29 is 4.79 Å². The maximum Gasteiger partial charge on any atom is 0.231 e. The number of rotatable bonds is 4. The van der Waals surface area contributed by atoms with Gasteiger partial charge in [-0.2, -0.15) is 0 Å². The fourth-order valence-corrected chi connectivity index (χ4v) is 2.47. The summed E-state index contributed by atoms with van der Waals surface area (Å²) in [5.74, 6) is 0.117. The lowest BCUT2D eigenvalue weighted by Gasteiger charge is -2.34. The maximum absolute atomic E-state index is 12.3. The second kappa shape index (κ2) is 5.21. The number of hydrogen-bond donors (Lipinski definition) is 1. The maximum atomic E-state index is 12.3. The number of allylic oxidation sites excluding steroid dienone is 3. The molecule has 94 valence electrons. The molecule has 2 heteroatoms. The number of carbonyl (C=O) groups excluding carboxylic acids is 1. The Kier molecular flexibility index (Phi) is 3.66. The molecule has 2 nitrogen and oxygen atoms in total. The summed E-state index contributed by atoms with van der Waals surface area (Å²) in [6, 6.07) is 10.2. The van der Waals surface area contributed by atoms with Crippen LogP contribution in [0.4, 0.5) is 0 Å². The third kappa shape index (κ3) is 2.53. The zero-order valence-corrected chi connectivity index (χ0v) is 10.8. The summed E-state index contributed by atoms with van der Waals surface area (Å²) in [5, 5.41) is 2.95. The molecule has 0 aromatic heterocycles. The molecule has 0 saturated heterocycles. The lowest BCUT2D eigenvalue weighted by Crippen LogP contribution is -2.44. The van der Waals surface area contributed by atoms with Crippen LogP contribution in [0.3, 0.4) is 0 Å². The molecule has 1 aliphatic rings. The second-order valence-electron chi connectivity index (χ2n) is 4.98. The molecule has 0 radical (unpaired) electrons. The van der Waals surface area contributed by atoms with E-state index in [-0.39, 0.29) is 11.3 Å². The van der Waals surface area contributed by atoms with Crippen molar-refractivity contribution in [2.75, 3.05) is 0 Å². The Balaban J connectivity index is 2.27. The molecule has 1 atom stereocenters. The van der Waals surface area contributed by atoms with E-state index in [9.17, 15) is 4.79 Å². The second-order valence-corrected chi connectivity index (χ2v) is 4.98. The van der Waals surface area contributed by atoms with Crippen LogP contribution in [0.25, 0.3) is 0 Å². The van der Waals surface area contributed by atoms with Gasteiger partial charge in [-0.1, -0.05) is 42.5 Å². The van der Waals surface area contributed by atoms with Crippen molar-refractivity contribution >= 4 is 5.91 Å². The first-order valence-electron chi connectivity index (χ1n) is 6.29. The largest absolute Gasteiger partial charge is 0.330 e. The van der Waals surface area contributed by atoms with Crippen molar-refractivity contribution in [3.05, 3.63) is 60.3 Å². The fourth-order valence-electron chi connectivity index (χ4n) is 2.47. The molecule has 1 aromatic rings. The normalized spacial score (nSPS) is 23.2. The van der Waals surface area contributed by atoms with Crippen LogP contribution in [0.5, 0.6) is 0 Å². The van der Waals surface area contributed by atoms with Crippen molar-refractivity contribution in [1.29, 1.82) is 0 Å². The summed E-state index contributed by atoms with van der Waals surface area (Å²) in [5.41, 5.74) is 1.78. The molecule has 0 spiro atoms. The average Bonchev–Trinajstić information content (AvgIpc) is 2.36. The first-order valence-corrected chi connectivity index (χ1v) is 6.29. The Hall–Kier alpha value is -1.83. The predicted octanol–water partition coefficient (Wildman–Crippen LogP) is 3.22. The minimum Gasteiger partial charge on any atom is -0.330 e. The van der Waals surface area contributed by atoms with E-state index in [0.717, 1.165) is 18.5 Å². The summed E-state index contributed by atoms with van der Waals surface area (Å²) >= 11 is 0. The van der Waals surface area contributed by atoms with E-state index in [1.807, 2.05) is 31.2 Å². The Morgan fingerprint density at radius 2 is 2.11 bits per heavy atom. The van der Waals surface area contributed by atoms with E-state index < -0.39 is 0 Å². The Morgan fingerprint density at radius 3 is 2.72 bits per heavy atom. The highest BCUT2D eigenvalue weighted by Gasteiger charge is 2.38. The van der Waals surface area contributed by atoms with Crippen LogP contribution in [0.1, 0.15) is 25.3 Å². The zero-order chi connectivity index (χ0) is 13.0. The van der Waals surface area contributed by atoms with Crippen LogP contribution in [0.15, 0.2) is 54.8 Å². The van der Waals surface area contributed by atoms with Gasteiger partial charge in [0.05, 0.1) is 5.41 Å². The number of amides is 1. The summed E-state index contributed by atoms with van der Waals surface area (Å²) in [7, 11) is 0. The predicted molar refractivity (Wildman–Crippen MR) is 73.9 cm³/mol. The van der Waals surface area contributed by atoms with Crippen molar-refractivity contribution in [3.8, 4) is 0 Å². The van der Waals surface area contributed by atoms with Crippen LogP contribution >= 0.6 is 0 Å². The average molecular weight is 241 g/mol. The van der Waals surface area contributed by atoms with E-state index >= 15 is 0 Å². The molecule has 1 heterocycles. The number of hydrogen-bond acceptors (Lipinski definition) is 1. The van der Waals surface area contributed by atoms with Crippen LogP contribution in [-0.4, -0.2) is 5.91 Å². The number of benzene rings is 1. The Bertz CT molecular complexity index is 475. The van der Waals surface area contributed by atoms with Gasteiger partial charge < -0.3 is 5.32 Å². The van der Waals surface area contributed by atoms with Gasteiger partial charge in [0.15, 0.2) is 0 Å². The molecule has 1 N–H and O–H groups in total. The third-order valence-corrected chi connectivity index (χ3v) is 3.51. The van der Waals surface area contributed by atoms with Gasteiger partial charge in [-0.15, -0.1) is 6.58 Å². The monoisotopic (exact) mass is 241 g/mol. The molecule has 1 amide bonds. The van der Waals surface area contributed by atoms with E-state index in [0.29, 0.717) is 6.42 Å². The van der Waals surface area contributed by atoms with Crippen molar-refractivity contribution in [2.45, 2.75) is 26.2 Å². The zero-order valence-electron chi connectivity index (χ0n) is 10.8. The molecule has 18 heavy (non-hydrogen) atoms. The molecule has 0 saturated carbocycles. The van der Waals surface area contributed by atoms with Gasteiger partial charge in [-0.25, -0.2) is 0 Å². The Morgan fingerprint density at radius 1 is 1.39 bits per heavy atom. The number of carbonyl (C=O) groups is 1. The smallest absolute Gasteiger partial charge is 0.231 e. The highest BCUT2D eigenvalue weighted by atomic mass is 16.2. The highest BCUT2D eigenvalue weighted by Crippen LogP contribution is 2.35. The lowest BCUT2D eigenvalue weighted by molar-refractivity contribution is -0.130. The topological polar surface area (TPSA) is 29.1 Å². The Labute approximate surface area is 108 Å². The van der Waals surface area contributed by atoms with Crippen molar-refractivity contribution in [3.63, 3.8) is 0 Å². The van der Waals surface area contributed by atoms with Gasteiger partial charge in [-0.05, 0) is 31.7 Å². The molecule has 1 aromatic carbocycles. The quantitative estimate of drug-likeness (QED) is 0.806. The fraction of sp³-hybridized carbons (Fsp3) is 0.312. The van der Waals surface area contributed by atoms with Crippen LogP contribution in [0.2, 0.25) is 0 Å². The van der Waals surface area contributed by atoms with E-state index in [1.165, 1.54) is 5.56 Å². The molecule has 2 rings (SSSR count). The first-order chi connectivity index (χ1) is 8.66. The lowest BCUT2D eigenvalue weighted by atomic mass is 9.73. The SMILES string of the molecule is C=CC[C@@]1(Cc2ccccc2)CC=C(C)NC1=O. The van der Waals surface area contributed by atoms with Crippen LogP contribution < -0.4 is 5.32 Å². The van der Waals surface area contributed by atoms with Gasteiger partial charge in [-0.3, -0.25) is 4.79 Å². The van der Waals surface area contributed by atoms with Gasteiger partial charge in [0, 0.05) is 5.70 Å². The molecule has 0 unspecified atom stereocenters. The van der Waals surface area contributed by atoms with Gasteiger partial charge in [0.25, 0.3) is 0 Å². The van der Waals surface area contributed by atoms with Gasteiger partial charge in [0.2, 0.25) is 5.91 Å². The van der Waals surface area contributed by atoms with Crippen molar-refractivity contribution in [2.24, 2.45) is 5.41 Å². The standard InChI is InChI=1S/C16H19NO/c1-3-10-16(11-9-13(2)17-15(16)18)12-14-7-5-4-6-8-14/h3-9H,1,10-12H2,2H3,(H,17,18)/t16-/m0/s1. The molecule has 0 aliphatic carbocycles. The summed E-state index contributed by atoms with van der Waals surface area (Å²) in [6.45, 7) is 5.72. The van der Waals surface area contributed by atoms with Crippen LogP contribution in [-0.2, 0) is 11.2 Å². The van der Waals surface area contributed by atoms with Gasteiger partial charge >= 0.3 is 0 Å². The van der Waals surface area contributed by atoms with Crippen molar-refractivity contribution in [1.82, 2.24) is 5.32 Å². The number of nitrogens with one attached hydrogen (secondary N) is 1. The molecule has 0 bridgehead atoms. The molecule has 0 fully saturated rings.